The van der Waals surface area contributed by atoms with Gasteiger partial charge < -0.3 is 4.79 Å². The van der Waals surface area contributed by atoms with Crippen LogP contribution < -0.4 is 0 Å². The van der Waals surface area contributed by atoms with Crippen LogP contribution in [0.2, 0.25) is 0 Å². The highest BCUT2D eigenvalue weighted by atomic mass is 19.3. The molecule has 92 valence electrons. The molecule has 0 amide bonds. The van der Waals surface area contributed by atoms with Crippen LogP contribution in [0, 0.1) is 0 Å². The fraction of sp³-hybridized carbons (Fsp3) is 0.133. The fourth-order valence-electron chi connectivity index (χ4n) is 1.78. The lowest BCUT2D eigenvalue weighted by Gasteiger charge is -2.14. The minimum absolute atomic E-state index is 0.129. The Bertz CT molecular complexity index is 535. The Kier molecular flexibility index (Phi) is 3.51. The first kappa shape index (κ1) is 12.4. The molecule has 0 saturated carbocycles. The van der Waals surface area contributed by atoms with Crippen LogP contribution in [0.1, 0.15) is 12.0 Å². The van der Waals surface area contributed by atoms with Gasteiger partial charge in [0.25, 0.3) is 5.92 Å². The minimum Gasteiger partial charge on any atom is -0.303 e. The lowest BCUT2D eigenvalue weighted by atomic mass is 9.99. The van der Waals surface area contributed by atoms with E-state index in [2.05, 4.69) is 0 Å². The van der Waals surface area contributed by atoms with E-state index >= 15 is 0 Å². The van der Waals surface area contributed by atoms with E-state index in [4.69, 9.17) is 0 Å². The quantitative estimate of drug-likeness (QED) is 0.744. The first-order valence-electron chi connectivity index (χ1n) is 5.61. The van der Waals surface area contributed by atoms with Gasteiger partial charge in [-0.1, -0.05) is 48.5 Å². The van der Waals surface area contributed by atoms with E-state index in [0.29, 0.717) is 0 Å². The molecule has 0 unspecified atom stereocenters. The first-order chi connectivity index (χ1) is 8.63. The summed E-state index contributed by atoms with van der Waals surface area (Å²) in [5, 5.41) is 0. The molecule has 0 aliphatic rings. The van der Waals surface area contributed by atoms with E-state index in [1.54, 1.807) is 12.1 Å². The summed E-state index contributed by atoms with van der Waals surface area (Å²) in [6.45, 7) is 0. The van der Waals surface area contributed by atoms with E-state index in [9.17, 15) is 13.6 Å². The Morgan fingerprint density at radius 3 is 2.28 bits per heavy atom. The number of hydrogen-bond donors (Lipinski definition) is 0. The summed E-state index contributed by atoms with van der Waals surface area (Å²) in [6.07, 6.45) is -0.541. The number of rotatable bonds is 4. The molecule has 0 aliphatic carbocycles. The average molecular weight is 246 g/mol. The minimum atomic E-state index is -3.10. The maximum absolute atomic E-state index is 13.6. The molecule has 0 aliphatic heterocycles. The molecule has 0 N–H and O–H groups in total. The van der Waals surface area contributed by atoms with Crippen molar-refractivity contribution in [3.63, 3.8) is 0 Å². The van der Waals surface area contributed by atoms with Crippen molar-refractivity contribution in [2.24, 2.45) is 0 Å². The van der Waals surface area contributed by atoms with E-state index in [-0.39, 0.29) is 11.8 Å². The molecule has 2 aromatic rings. The highest BCUT2D eigenvalue weighted by molar-refractivity contribution is 5.64. The maximum Gasteiger partial charge on any atom is 0.279 e. The van der Waals surface area contributed by atoms with Gasteiger partial charge in [0, 0.05) is 5.56 Å². The van der Waals surface area contributed by atoms with E-state index < -0.39 is 12.3 Å². The number of hydrogen-bond acceptors (Lipinski definition) is 1. The molecule has 0 bridgehead atoms. The molecular weight excluding hydrogens is 234 g/mol. The molecule has 0 saturated heterocycles. The smallest absolute Gasteiger partial charge is 0.279 e. The van der Waals surface area contributed by atoms with Gasteiger partial charge in [-0.15, -0.1) is 0 Å². The molecule has 0 radical (unpaired) electrons. The van der Waals surface area contributed by atoms with Gasteiger partial charge in [-0.3, -0.25) is 0 Å². The molecule has 3 heteroatoms. The van der Waals surface area contributed by atoms with E-state index in [0.717, 1.165) is 11.1 Å². The van der Waals surface area contributed by atoms with Gasteiger partial charge in [-0.05, 0) is 17.2 Å². The largest absolute Gasteiger partial charge is 0.303 e. The Hall–Kier alpha value is -2.03. The number of aldehydes is 1. The van der Waals surface area contributed by atoms with Crippen molar-refractivity contribution in [1.82, 2.24) is 0 Å². The predicted molar refractivity (Wildman–Crippen MR) is 66.5 cm³/mol. The summed E-state index contributed by atoms with van der Waals surface area (Å²) in [5.74, 6) is -3.10. The van der Waals surface area contributed by atoms with Crippen molar-refractivity contribution in [2.45, 2.75) is 12.3 Å². The second-order valence-electron chi connectivity index (χ2n) is 4.02. The van der Waals surface area contributed by atoms with Crippen molar-refractivity contribution in [3.05, 3.63) is 60.2 Å². The number of carbonyl (C=O) groups is 1. The molecule has 1 nitrogen and oxygen atoms in total. The summed E-state index contributed by atoms with van der Waals surface area (Å²) in [7, 11) is 0. The van der Waals surface area contributed by atoms with Gasteiger partial charge in [0.2, 0.25) is 0 Å². The third-order valence-corrected chi connectivity index (χ3v) is 2.73. The molecule has 18 heavy (non-hydrogen) atoms. The number of alkyl halides is 2. The molecule has 0 spiro atoms. The van der Waals surface area contributed by atoms with Crippen LogP contribution >= 0.6 is 0 Å². The van der Waals surface area contributed by atoms with Crippen molar-refractivity contribution in [3.8, 4) is 11.1 Å². The average Bonchev–Trinajstić information content (AvgIpc) is 2.40. The predicted octanol–water partition coefficient (Wildman–Crippen LogP) is 4.03. The zero-order valence-corrected chi connectivity index (χ0v) is 9.64. The molecule has 0 aromatic heterocycles. The normalized spacial score (nSPS) is 11.2. The van der Waals surface area contributed by atoms with Crippen molar-refractivity contribution in [1.29, 1.82) is 0 Å². The first-order valence-corrected chi connectivity index (χ1v) is 5.61. The highest BCUT2D eigenvalue weighted by Crippen LogP contribution is 2.33. The molecular formula is C15H12F2O. The summed E-state index contributed by atoms with van der Waals surface area (Å²) >= 11 is 0. The van der Waals surface area contributed by atoms with Crippen LogP contribution in [0.4, 0.5) is 8.78 Å². The number of halogens is 2. The third kappa shape index (κ3) is 2.62. The van der Waals surface area contributed by atoms with E-state index in [1.807, 2.05) is 30.3 Å². The monoisotopic (exact) mass is 246 g/mol. The fourth-order valence-corrected chi connectivity index (χ4v) is 1.78. The van der Waals surface area contributed by atoms with E-state index in [1.165, 1.54) is 12.1 Å². The zero-order valence-electron chi connectivity index (χ0n) is 9.64. The lowest BCUT2D eigenvalue weighted by molar-refractivity contribution is -0.115. The van der Waals surface area contributed by atoms with Gasteiger partial charge >= 0.3 is 0 Å². The third-order valence-electron chi connectivity index (χ3n) is 2.73. The van der Waals surface area contributed by atoms with Crippen LogP contribution in [0.25, 0.3) is 11.1 Å². The maximum atomic E-state index is 13.6. The standard InChI is InChI=1S/C15H12F2O/c16-15(17,9-10-18)14-8-4-7-13(11-14)12-5-2-1-3-6-12/h1-8,10-11H,9H2. The van der Waals surface area contributed by atoms with Crippen molar-refractivity contribution < 1.29 is 13.6 Å². The Labute approximate surface area is 104 Å². The molecule has 0 atom stereocenters. The number of benzene rings is 2. The Morgan fingerprint density at radius 2 is 1.61 bits per heavy atom. The Morgan fingerprint density at radius 1 is 0.944 bits per heavy atom. The zero-order chi connectivity index (χ0) is 13.0. The van der Waals surface area contributed by atoms with Gasteiger partial charge in [0.05, 0.1) is 6.42 Å². The summed E-state index contributed by atoms with van der Waals surface area (Å²) in [4.78, 5) is 10.3. The second kappa shape index (κ2) is 5.08. The Balaban J connectivity index is 2.40. The molecule has 0 fully saturated rings. The molecule has 2 rings (SSSR count). The van der Waals surface area contributed by atoms with Crippen LogP contribution in [-0.4, -0.2) is 6.29 Å². The van der Waals surface area contributed by atoms with Crippen molar-refractivity contribution in [2.75, 3.05) is 0 Å². The molecule has 2 aromatic carbocycles. The SMILES string of the molecule is O=CCC(F)(F)c1cccc(-c2ccccc2)c1. The van der Waals surface area contributed by atoms with Crippen LogP contribution in [-0.2, 0) is 10.7 Å². The highest BCUT2D eigenvalue weighted by Gasteiger charge is 2.30. The van der Waals surface area contributed by atoms with Crippen molar-refractivity contribution >= 4 is 6.29 Å². The summed E-state index contributed by atoms with van der Waals surface area (Å²) in [5.41, 5.74) is 1.47. The van der Waals surface area contributed by atoms with Gasteiger partial charge in [-0.2, -0.15) is 0 Å². The van der Waals surface area contributed by atoms with Crippen LogP contribution in [0.5, 0.6) is 0 Å². The number of carbonyl (C=O) groups excluding carboxylic acids is 1. The van der Waals surface area contributed by atoms with Crippen LogP contribution in [0.3, 0.4) is 0 Å². The summed E-state index contributed by atoms with van der Waals surface area (Å²) in [6, 6.07) is 15.4. The van der Waals surface area contributed by atoms with Gasteiger partial charge in [-0.25, -0.2) is 8.78 Å². The second-order valence-corrected chi connectivity index (χ2v) is 4.02. The summed E-state index contributed by atoms with van der Waals surface area (Å²) < 4.78 is 27.2. The lowest BCUT2D eigenvalue weighted by Crippen LogP contribution is -2.13. The van der Waals surface area contributed by atoms with Gasteiger partial charge in [0.1, 0.15) is 6.29 Å². The van der Waals surface area contributed by atoms with Crippen LogP contribution in [0.15, 0.2) is 54.6 Å². The van der Waals surface area contributed by atoms with Gasteiger partial charge in [0.15, 0.2) is 0 Å². The molecule has 0 heterocycles. The topological polar surface area (TPSA) is 17.1 Å².